The van der Waals surface area contributed by atoms with E-state index in [9.17, 15) is 0 Å². The lowest BCUT2D eigenvalue weighted by atomic mass is 10.2. The highest BCUT2D eigenvalue weighted by Crippen LogP contribution is 2.26. The van der Waals surface area contributed by atoms with Crippen molar-refractivity contribution >= 4 is 32.9 Å². The second kappa shape index (κ2) is 4.62. The Morgan fingerprint density at radius 3 is 3.17 bits per heavy atom. The summed E-state index contributed by atoms with van der Waals surface area (Å²) < 4.78 is 6.30. The average Bonchev–Trinajstić information content (AvgIpc) is 2.97. The van der Waals surface area contributed by atoms with Gasteiger partial charge in [-0.05, 0) is 36.8 Å². The Hall–Kier alpha value is -2.14. The third-order valence-electron chi connectivity index (χ3n) is 2.44. The van der Waals surface area contributed by atoms with Gasteiger partial charge in [-0.25, -0.2) is 4.98 Å². The summed E-state index contributed by atoms with van der Waals surface area (Å²) in [6.07, 6.45) is 3.24. The molecule has 5 heteroatoms. The van der Waals surface area contributed by atoms with Gasteiger partial charge < -0.3 is 4.42 Å². The quantitative estimate of drug-likeness (QED) is 0.575. The van der Waals surface area contributed by atoms with E-state index in [0.29, 0.717) is 5.76 Å². The molecule has 0 unspecified atom stereocenters. The number of aromatic nitrogens is 1. The Morgan fingerprint density at radius 1 is 1.39 bits per heavy atom. The number of aryl methyl sites for hydroxylation is 1. The van der Waals surface area contributed by atoms with Gasteiger partial charge in [-0.1, -0.05) is 17.4 Å². The molecule has 0 radical (unpaired) electrons. The summed E-state index contributed by atoms with van der Waals surface area (Å²) in [6.45, 7) is 2.07. The van der Waals surface area contributed by atoms with E-state index < -0.39 is 0 Å². The number of anilines is 1. The second-order valence-electron chi connectivity index (χ2n) is 3.88. The molecule has 0 aliphatic carbocycles. The van der Waals surface area contributed by atoms with Crippen molar-refractivity contribution in [2.45, 2.75) is 6.92 Å². The smallest absolute Gasteiger partial charge is 0.204 e. The van der Waals surface area contributed by atoms with Crippen LogP contribution in [-0.4, -0.2) is 11.2 Å². The molecule has 1 N–H and O–H groups in total. The third-order valence-corrected chi connectivity index (χ3v) is 3.36. The number of thiazole rings is 1. The average molecular weight is 257 g/mol. The Bertz CT molecular complexity index is 685. The van der Waals surface area contributed by atoms with Gasteiger partial charge in [0.15, 0.2) is 0 Å². The number of fused-ring (bicyclic) bond motifs is 1. The van der Waals surface area contributed by atoms with Crippen LogP contribution in [0.4, 0.5) is 5.13 Å². The minimum atomic E-state index is 0.708. The fraction of sp³-hybridized carbons (Fsp3) is 0.0769. The number of rotatable bonds is 3. The van der Waals surface area contributed by atoms with Gasteiger partial charge in [-0.15, -0.1) is 0 Å². The van der Waals surface area contributed by atoms with Gasteiger partial charge >= 0.3 is 0 Å². The van der Waals surface area contributed by atoms with Crippen molar-refractivity contribution in [3.8, 4) is 0 Å². The van der Waals surface area contributed by atoms with Crippen molar-refractivity contribution in [3.05, 3.63) is 47.9 Å². The number of furan rings is 1. The molecule has 0 fully saturated rings. The second-order valence-corrected chi connectivity index (χ2v) is 4.91. The standard InChI is InChI=1S/C13H11N3OS/c1-9-4-5-11-12(7-9)18-13(15-11)16-14-8-10-3-2-6-17-10/h2-8H,1H3,(H,15,16)/b14-8+. The molecule has 0 aliphatic heterocycles. The van der Waals surface area contributed by atoms with Crippen molar-refractivity contribution < 1.29 is 4.42 Å². The molecule has 0 saturated heterocycles. The van der Waals surface area contributed by atoms with Crippen LogP contribution in [-0.2, 0) is 0 Å². The number of hydrogen-bond donors (Lipinski definition) is 1. The predicted octanol–water partition coefficient (Wildman–Crippen LogP) is 3.64. The van der Waals surface area contributed by atoms with Crippen LogP contribution in [0.1, 0.15) is 11.3 Å². The molecule has 90 valence electrons. The number of nitrogens with one attached hydrogen (secondary N) is 1. The lowest BCUT2D eigenvalue weighted by molar-refractivity contribution is 0.560. The van der Waals surface area contributed by atoms with Gasteiger partial charge in [0.05, 0.1) is 22.7 Å². The molecule has 0 bridgehead atoms. The zero-order chi connectivity index (χ0) is 12.4. The van der Waals surface area contributed by atoms with Crippen LogP contribution < -0.4 is 5.43 Å². The minimum absolute atomic E-state index is 0.708. The van der Waals surface area contributed by atoms with Gasteiger partial charge in [0, 0.05) is 0 Å². The topological polar surface area (TPSA) is 50.4 Å². The molecule has 3 aromatic rings. The maximum absolute atomic E-state index is 5.14. The fourth-order valence-corrected chi connectivity index (χ4v) is 2.51. The Kier molecular flexibility index (Phi) is 2.82. The van der Waals surface area contributed by atoms with Gasteiger partial charge in [-0.3, -0.25) is 5.43 Å². The van der Waals surface area contributed by atoms with E-state index >= 15 is 0 Å². The first kappa shape index (κ1) is 11.0. The van der Waals surface area contributed by atoms with Crippen LogP contribution in [0.15, 0.2) is 46.1 Å². The molecular weight excluding hydrogens is 246 g/mol. The lowest BCUT2D eigenvalue weighted by Gasteiger charge is -1.90. The van der Waals surface area contributed by atoms with Crippen LogP contribution in [0.2, 0.25) is 0 Å². The van der Waals surface area contributed by atoms with Crippen molar-refractivity contribution in [1.82, 2.24) is 4.98 Å². The zero-order valence-corrected chi connectivity index (χ0v) is 10.6. The number of nitrogens with zero attached hydrogens (tertiary/aromatic N) is 2. The molecule has 4 nitrogen and oxygen atoms in total. The van der Waals surface area contributed by atoms with Crippen molar-refractivity contribution in [2.75, 3.05) is 5.43 Å². The number of hydrazone groups is 1. The molecule has 2 heterocycles. The first-order chi connectivity index (χ1) is 8.81. The summed E-state index contributed by atoms with van der Waals surface area (Å²) in [5, 5.41) is 4.86. The van der Waals surface area contributed by atoms with E-state index in [2.05, 4.69) is 34.6 Å². The van der Waals surface area contributed by atoms with Crippen LogP contribution in [0.25, 0.3) is 10.2 Å². The van der Waals surface area contributed by atoms with Gasteiger partial charge in [0.25, 0.3) is 0 Å². The van der Waals surface area contributed by atoms with Crippen LogP contribution in [0, 0.1) is 6.92 Å². The van der Waals surface area contributed by atoms with Gasteiger partial charge in [0.2, 0.25) is 5.13 Å². The summed E-state index contributed by atoms with van der Waals surface area (Å²) in [6, 6.07) is 9.85. The maximum Gasteiger partial charge on any atom is 0.204 e. The molecule has 0 amide bonds. The SMILES string of the molecule is Cc1ccc2nc(N/N=C/c3ccco3)sc2c1. The van der Waals surface area contributed by atoms with E-state index in [4.69, 9.17) is 4.42 Å². The summed E-state index contributed by atoms with van der Waals surface area (Å²) in [5.41, 5.74) is 5.13. The van der Waals surface area contributed by atoms with E-state index in [0.717, 1.165) is 15.3 Å². The van der Waals surface area contributed by atoms with Crippen LogP contribution >= 0.6 is 11.3 Å². The highest BCUT2D eigenvalue weighted by atomic mass is 32.1. The molecule has 2 aromatic heterocycles. The Balaban J connectivity index is 1.79. The molecule has 3 rings (SSSR count). The molecule has 0 spiro atoms. The Labute approximate surface area is 108 Å². The van der Waals surface area contributed by atoms with Crippen molar-refractivity contribution in [2.24, 2.45) is 5.10 Å². The first-order valence-electron chi connectivity index (χ1n) is 5.51. The molecule has 0 saturated carbocycles. The highest BCUT2D eigenvalue weighted by molar-refractivity contribution is 7.22. The van der Waals surface area contributed by atoms with Gasteiger partial charge in [0.1, 0.15) is 5.76 Å². The normalized spacial score (nSPS) is 11.4. The largest absolute Gasteiger partial charge is 0.463 e. The molecule has 18 heavy (non-hydrogen) atoms. The van der Waals surface area contributed by atoms with Crippen molar-refractivity contribution in [1.29, 1.82) is 0 Å². The lowest BCUT2D eigenvalue weighted by Crippen LogP contribution is -1.88. The summed E-state index contributed by atoms with van der Waals surface area (Å²) in [5.74, 6) is 0.708. The summed E-state index contributed by atoms with van der Waals surface area (Å²) >= 11 is 1.58. The molecule has 0 aliphatic rings. The summed E-state index contributed by atoms with van der Waals surface area (Å²) in [4.78, 5) is 4.44. The molecular formula is C13H11N3OS. The highest BCUT2D eigenvalue weighted by Gasteiger charge is 2.02. The fourth-order valence-electron chi connectivity index (χ4n) is 1.60. The van der Waals surface area contributed by atoms with Crippen LogP contribution in [0.5, 0.6) is 0 Å². The summed E-state index contributed by atoms with van der Waals surface area (Å²) in [7, 11) is 0. The predicted molar refractivity (Wildman–Crippen MR) is 74.3 cm³/mol. The molecule has 1 aromatic carbocycles. The minimum Gasteiger partial charge on any atom is -0.463 e. The van der Waals surface area contributed by atoms with E-state index in [1.165, 1.54) is 5.56 Å². The number of benzene rings is 1. The maximum atomic E-state index is 5.14. The Morgan fingerprint density at radius 2 is 2.33 bits per heavy atom. The monoisotopic (exact) mass is 257 g/mol. The van der Waals surface area contributed by atoms with Gasteiger partial charge in [-0.2, -0.15) is 5.10 Å². The third kappa shape index (κ3) is 2.26. The van der Waals surface area contributed by atoms with E-state index in [-0.39, 0.29) is 0 Å². The van der Waals surface area contributed by atoms with E-state index in [1.54, 1.807) is 23.8 Å². The zero-order valence-electron chi connectivity index (χ0n) is 9.75. The number of hydrogen-bond acceptors (Lipinski definition) is 5. The van der Waals surface area contributed by atoms with E-state index in [1.807, 2.05) is 18.2 Å². The first-order valence-corrected chi connectivity index (χ1v) is 6.33. The van der Waals surface area contributed by atoms with Crippen molar-refractivity contribution in [3.63, 3.8) is 0 Å². The molecule has 0 atom stereocenters. The van der Waals surface area contributed by atoms with Crippen LogP contribution in [0.3, 0.4) is 0 Å².